The molecule has 0 aliphatic carbocycles. The molecule has 1 fully saturated rings. The second-order valence-electron chi connectivity index (χ2n) is 11.6. The van der Waals surface area contributed by atoms with Crippen molar-refractivity contribution in [3.05, 3.63) is 75.3 Å². The first kappa shape index (κ1) is 33.5. The molecule has 45 heavy (non-hydrogen) atoms. The van der Waals surface area contributed by atoms with Crippen molar-refractivity contribution in [3.63, 3.8) is 0 Å². The van der Waals surface area contributed by atoms with Crippen molar-refractivity contribution in [1.29, 1.82) is 0 Å². The zero-order valence-electron chi connectivity index (χ0n) is 26.7. The second-order valence-corrected chi connectivity index (χ2v) is 11.6. The molecule has 1 amide bonds. The monoisotopic (exact) mass is 829 g/mol. The summed E-state index contributed by atoms with van der Waals surface area (Å²) in [4.78, 5) is 33.0. The molecular weight excluding hydrogens is 791 g/mol. The molecule has 6 rings (SSSR count). The van der Waals surface area contributed by atoms with Crippen molar-refractivity contribution in [2.24, 2.45) is 0 Å². The number of Topliss-reactive ketones (excluding diaryl/α,β-unsaturated/α-hetero) is 1. The Hall–Kier alpha value is -2.84. The van der Waals surface area contributed by atoms with E-state index in [9.17, 15) is 14.7 Å². The van der Waals surface area contributed by atoms with E-state index in [0.717, 1.165) is 16.7 Å². The molecule has 4 atom stereocenters. The fourth-order valence-corrected chi connectivity index (χ4v) is 7.49. The number of fused-ring (bicyclic) bond motifs is 7. The van der Waals surface area contributed by atoms with E-state index in [1.165, 1.54) is 28.4 Å². The zero-order valence-corrected chi connectivity index (χ0v) is 31.4. The van der Waals surface area contributed by atoms with Crippen LogP contribution >= 0.6 is 0 Å². The van der Waals surface area contributed by atoms with Gasteiger partial charge in [0.05, 0.1) is 65.3 Å². The number of amides is 1. The third kappa shape index (κ3) is 5.11. The van der Waals surface area contributed by atoms with Crippen LogP contribution in [0.5, 0.6) is 28.7 Å². The van der Waals surface area contributed by atoms with Crippen molar-refractivity contribution in [2.75, 3.05) is 42.1 Å². The average molecular weight is 830 g/mol. The van der Waals surface area contributed by atoms with Crippen molar-refractivity contribution in [1.82, 2.24) is 9.80 Å². The van der Waals surface area contributed by atoms with Gasteiger partial charge in [-0.1, -0.05) is 36.4 Å². The first-order chi connectivity index (χ1) is 21.2. The molecule has 1 radical (unpaired) electrons. The minimum absolute atomic E-state index is 0. The van der Waals surface area contributed by atoms with Crippen LogP contribution in [0, 0.1) is 57.9 Å². The molecule has 3 aliphatic rings. The normalized spacial score (nSPS) is 21.7. The zero-order chi connectivity index (χ0) is 31.4. The number of nitrogens with zero attached hydrogens (tertiary/aromatic N) is 2. The second kappa shape index (κ2) is 13.1. The summed E-state index contributed by atoms with van der Waals surface area (Å²) in [5.74, 6) is 0.972. The van der Waals surface area contributed by atoms with Crippen LogP contribution in [0.3, 0.4) is 0 Å². The molecule has 11 heteroatoms. The van der Waals surface area contributed by atoms with Crippen molar-refractivity contribution >= 4 is 11.7 Å². The molecule has 10 nitrogen and oxygen atoms in total. The fourth-order valence-electron chi connectivity index (χ4n) is 7.49. The van der Waals surface area contributed by atoms with Crippen LogP contribution < -0.4 is 18.9 Å². The van der Waals surface area contributed by atoms with Crippen LogP contribution in [-0.2, 0) is 22.6 Å². The SMILES string of the molecule is COc1c(C)cc2c(c1O)C1C3C(=O)c4c(OC)c(C)c(OC)c(OC)c4[C@H](COCc4ccccc4)N3C(=O)[C@H](C2)N1C.[Ac]. The molecule has 3 aromatic carbocycles. The number of carbonyl (C=O) groups excluding carboxylic acids is 2. The molecule has 0 aromatic heterocycles. The first-order valence-corrected chi connectivity index (χ1v) is 14.6. The summed E-state index contributed by atoms with van der Waals surface area (Å²) >= 11 is 0. The van der Waals surface area contributed by atoms with E-state index in [4.69, 9.17) is 23.7 Å². The third-order valence-electron chi connectivity index (χ3n) is 9.36. The number of piperazine rings is 1. The first-order valence-electron chi connectivity index (χ1n) is 14.6. The van der Waals surface area contributed by atoms with Gasteiger partial charge in [-0.15, -0.1) is 0 Å². The molecular formula is C34H38AcN2O8. The van der Waals surface area contributed by atoms with Gasteiger partial charge >= 0.3 is 0 Å². The number of hydrogen-bond acceptors (Lipinski definition) is 9. The number of likely N-dealkylation sites (N-methyl/N-ethyl adjacent to an activating group) is 1. The topological polar surface area (TPSA) is 107 Å². The van der Waals surface area contributed by atoms with Crippen LogP contribution in [0.2, 0.25) is 0 Å². The number of carbonyl (C=O) groups is 2. The molecule has 0 spiro atoms. The number of ketones is 1. The molecule has 235 valence electrons. The van der Waals surface area contributed by atoms with Crippen LogP contribution in [-0.4, -0.2) is 80.8 Å². The van der Waals surface area contributed by atoms with E-state index in [1.54, 1.807) is 4.90 Å². The predicted octanol–water partition coefficient (Wildman–Crippen LogP) is 4.31. The van der Waals surface area contributed by atoms with Gasteiger partial charge in [0.2, 0.25) is 5.91 Å². The molecule has 1 saturated heterocycles. The average Bonchev–Trinajstić information content (AvgIpc) is 3.01. The number of aromatic hydroxyl groups is 1. The van der Waals surface area contributed by atoms with E-state index in [2.05, 4.69) is 0 Å². The van der Waals surface area contributed by atoms with Gasteiger partial charge in [-0.25, -0.2) is 0 Å². The van der Waals surface area contributed by atoms with Crippen molar-refractivity contribution in [3.8, 4) is 28.7 Å². The van der Waals surface area contributed by atoms with E-state index in [0.29, 0.717) is 58.3 Å². The largest absolute Gasteiger partial charge is 0.504 e. The Morgan fingerprint density at radius 2 is 1.51 bits per heavy atom. The maximum Gasteiger partial charge on any atom is 0.241 e. The van der Waals surface area contributed by atoms with E-state index in [1.807, 2.05) is 62.2 Å². The summed E-state index contributed by atoms with van der Waals surface area (Å²) in [5, 5.41) is 11.6. The molecule has 0 saturated carbocycles. The van der Waals surface area contributed by atoms with Crippen molar-refractivity contribution < 1.29 is 82.4 Å². The van der Waals surface area contributed by atoms with Gasteiger partial charge in [0.25, 0.3) is 0 Å². The van der Waals surface area contributed by atoms with Gasteiger partial charge in [-0.3, -0.25) is 14.5 Å². The summed E-state index contributed by atoms with van der Waals surface area (Å²) in [6.07, 6.45) is 0.374. The van der Waals surface area contributed by atoms with E-state index >= 15 is 0 Å². The number of benzene rings is 3. The van der Waals surface area contributed by atoms with Crippen LogP contribution in [0.1, 0.15) is 55.8 Å². The number of hydrogen-bond donors (Lipinski definition) is 1. The minimum atomic E-state index is -0.981. The summed E-state index contributed by atoms with van der Waals surface area (Å²) in [6, 6.07) is 8.82. The Bertz CT molecular complexity index is 1650. The summed E-state index contributed by atoms with van der Waals surface area (Å²) in [7, 11) is 7.91. The number of methoxy groups -OCH3 is 4. The maximum atomic E-state index is 14.9. The van der Waals surface area contributed by atoms with Crippen LogP contribution in [0.25, 0.3) is 0 Å². The smallest absolute Gasteiger partial charge is 0.241 e. The summed E-state index contributed by atoms with van der Waals surface area (Å²) in [5.41, 5.74) is 4.57. The Labute approximate surface area is 299 Å². The fraction of sp³-hybridized carbons (Fsp3) is 0.412. The quantitative estimate of drug-likeness (QED) is 0.356. The number of phenols is 1. The van der Waals surface area contributed by atoms with Gasteiger partial charge in [0, 0.05) is 60.8 Å². The van der Waals surface area contributed by atoms with Gasteiger partial charge in [0.15, 0.2) is 28.8 Å². The standard InChI is InChI=1S/C34H38N2O8.Ac/c1-17-13-20-14-21-34(39)36-22(16-44-15-19-11-9-8-10-12-19)24-25(31(41-5)18(2)32(42-6)33(24)43-7)28(37)27(36)26(35(21)3)23(20)29(38)30(17)40-4;/h8-13,21-22,26-27,38H,14-16H2,1-7H3;/t21-,22-,26?,27?;/m0./s1. The summed E-state index contributed by atoms with van der Waals surface area (Å²) < 4.78 is 29.4. The van der Waals surface area contributed by atoms with Gasteiger partial charge in [-0.05, 0) is 44.0 Å². The number of aryl methyl sites for hydroxylation is 1. The van der Waals surface area contributed by atoms with E-state index in [-0.39, 0.29) is 68.1 Å². The number of phenolic OH excluding ortho intramolecular Hbond substituents is 1. The maximum absolute atomic E-state index is 14.9. The Morgan fingerprint density at radius 1 is 0.867 bits per heavy atom. The summed E-state index contributed by atoms with van der Waals surface area (Å²) in [6.45, 7) is 4.06. The molecule has 2 bridgehead atoms. The Morgan fingerprint density at radius 3 is 2.13 bits per heavy atom. The predicted molar refractivity (Wildman–Crippen MR) is 162 cm³/mol. The van der Waals surface area contributed by atoms with Gasteiger partial charge in [-0.2, -0.15) is 0 Å². The number of ether oxygens (including phenoxy) is 5. The van der Waals surface area contributed by atoms with Crippen LogP contribution in [0.15, 0.2) is 36.4 Å². The molecule has 3 aliphatic heterocycles. The van der Waals surface area contributed by atoms with E-state index < -0.39 is 24.2 Å². The molecule has 2 unspecified atom stereocenters. The minimum Gasteiger partial charge on any atom is -0.504 e. The molecule has 3 aromatic rings. The van der Waals surface area contributed by atoms with Crippen LogP contribution in [0.4, 0.5) is 0 Å². The van der Waals surface area contributed by atoms with Gasteiger partial charge in [0.1, 0.15) is 11.8 Å². The molecule has 3 heterocycles. The molecule has 1 N–H and O–H groups in total. The Kier molecular flexibility index (Phi) is 9.77. The number of rotatable bonds is 8. The van der Waals surface area contributed by atoms with Crippen molar-refractivity contribution in [2.45, 2.75) is 51.0 Å². The Balaban J connectivity index is 0.00000400. The van der Waals surface area contributed by atoms with Gasteiger partial charge < -0.3 is 33.7 Å². The third-order valence-corrected chi connectivity index (χ3v) is 9.36.